The molecule has 1 amide bonds. The molecule has 2 rings (SSSR count). The molecule has 1 heterocycles. The molecule has 0 aliphatic carbocycles. The topological polar surface area (TPSA) is 66.8 Å². The maximum atomic E-state index is 12.1. The number of amides is 1. The van der Waals surface area contributed by atoms with Crippen LogP contribution in [0.1, 0.15) is 25.5 Å². The van der Waals surface area contributed by atoms with Crippen LogP contribution >= 0.6 is 15.9 Å². The van der Waals surface area contributed by atoms with E-state index in [4.69, 9.17) is 4.74 Å². The fourth-order valence-electron chi connectivity index (χ4n) is 2.48. The minimum atomic E-state index is -1.05. The normalized spacial score (nSPS) is 22.7. The predicted molar refractivity (Wildman–Crippen MR) is 80.8 cm³/mol. The summed E-state index contributed by atoms with van der Waals surface area (Å²) in [5, 5.41) is 9.39. The van der Waals surface area contributed by atoms with Crippen LogP contribution in [0.3, 0.4) is 0 Å². The van der Waals surface area contributed by atoms with Crippen molar-refractivity contribution in [2.24, 2.45) is 5.92 Å². The van der Waals surface area contributed by atoms with Gasteiger partial charge in [-0.05, 0) is 23.6 Å². The van der Waals surface area contributed by atoms with E-state index in [1.165, 1.54) is 0 Å². The van der Waals surface area contributed by atoms with Crippen LogP contribution in [0.5, 0.6) is 0 Å². The number of hydrogen-bond acceptors (Lipinski definition) is 3. The largest absolute Gasteiger partial charge is 0.479 e. The standard InChI is InChI=1S/C15H18BrNO4/c1-9(2)7-17-12(18)8-21-14(15(19)20)13(17)10-3-5-11(16)6-4-10/h3-6,9,13-14H,7-8H2,1-2H3,(H,19,20). The number of aliphatic carboxylic acids is 1. The molecule has 5 nitrogen and oxygen atoms in total. The second-order valence-corrected chi connectivity index (χ2v) is 6.42. The van der Waals surface area contributed by atoms with Crippen molar-refractivity contribution in [3.05, 3.63) is 34.3 Å². The summed E-state index contributed by atoms with van der Waals surface area (Å²) < 4.78 is 6.16. The maximum absolute atomic E-state index is 12.1. The number of ether oxygens (including phenoxy) is 1. The lowest BCUT2D eigenvalue weighted by atomic mass is 9.96. The van der Waals surface area contributed by atoms with Crippen LogP contribution < -0.4 is 0 Å². The molecule has 114 valence electrons. The van der Waals surface area contributed by atoms with Gasteiger partial charge in [-0.2, -0.15) is 0 Å². The number of benzene rings is 1. The summed E-state index contributed by atoms with van der Waals surface area (Å²) >= 11 is 3.35. The van der Waals surface area contributed by atoms with Crippen molar-refractivity contribution in [1.29, 1.82) is 0 Å². The molecule has 0 saturated carbocycles. The lowest BCUT2D eigenvalue weighted by molar-refractivity contribution is -0.173. The zero-order valence-electron chi connectivity index (χ0n) is 12.0. The molecule has 0 radical (unpaired) electrons. The van der Waals surface area contributed by atoms with Crippen LogP contribution in [0.25, 0.3) is 0 Å². The Hall–Kier alpha value is -1.40. The Morgan fingerprint density at radius 2 is 2.05 bits per heavy atom. The summed E-state index contributed by atoms with van der Waals surface area (Å²) in [6, 6.07) is 6.71. The Morgan fingerprint density at radius 1 is 1.43 bits per heavy atom. The van der Waals surface area contributed by atoms with Crippen LogP contribution in [-0.4, -0.2) is 41.1 Å². The molecule has 1 aromatic carbocycles. The fraction of sp³-hybridized carbons (Fsp3) is 0.467. The monoisotopic (exact) mass is 355 g/mol. The molecular formula is C15H18BrNO4. The van der Waals surface area contributed by atoms with E-state index in [1.54, 1.807) is 4.90 Å². The third-order valence-corrected chi connectivity index (χ3v) is 3.87. The van der Waals surface area contributed by atoms with Crippen molar-refractivity contribution in [3.8, 4) is 0 Å². The Labute approximate surface area is 132 Å². The first-order valence-electron chi connectivity index (χ1n) is 6.79. The smallest absolute Gasteiger partial charge is 0.335 e. The van der Waals surface area contributed by atoms with E-state index in [9.17, 15) is 14.7 Å². The third kappa shape index (κ3) is 3.63. The van der Waals surface area contributed by atoms with E-state index in [0.717, 1.165) is 10.0 Å². The highest BCUT2D eigenvalue weighted by molar-refractivity contribution is 9.10. The molecule has 1 saturated heterocycles. The average molecular weight is 356 g/mol. The van der Waals surface area contributed by atoms with E-state index >= 15 is 0 Å². The van der Waals surface area contributed by atoms with Gasteiger partial charge in [0, 0.05) is 11.0 Å². The van der Waals surface area contributed by atoms with E-state index in [2.05, 4.69) is 15.9 Å². The highest BCUT2D eigenvalue weighted by Gasteiger charge is 2.41. The lowest BCUT2D eigenvalue weighted by Crippen LogP contribution is -2.52. The van der Waals surface area contributed by atoms with Gasteiger partial charge >= 0.3 is 5.97 Å². The van der Waals surface area contributed by atoms with Gasteiger partial charge in [0.1, 0.15) is 6.61 Å². The second-order valence-electron chi connectivity index (χ2n) is 5.51. The number of hydrogen-bond donors (Lipinski definition) is 1. The van der Waals surface area contributed by atoms with Crippen LogP contribution in [0.4, 0.5) is 0 Å². The minimum absolute atomic E-state index is 0.172. The van der Waals surface area contributed by atoms with Gasteiger partial charge in [-0.3, -0.25) is 4.79 Å². The number of carboxylic acid groups (broad SMARTS) is 1. The first-order valence-corrected chi connectivity index (χ1v) is 7.58. The summed E-state index contributed by atoms with van der Waals surface area (Å²) in [6.45, 7) is 4.32. The molecule has 2 atom stereocenters. The van der Waals surface area contributed by atoms with Crippen LogP contribution in [0, 0.1) is 5.92 Å². The molecule has 1 fully saturated rings. The molecule has 0 bridgehead atoms. The van der Waals surface area contributed by atoms with Crippen molar-refractivity contribution in [1.82, 2.24) is 4.90 Å². The van der Waals surface area contributed by atoms with Crippen LogP contribution in [0.15, 0.2) is 28.7 Å². The maximum Gasteiger partial charge on any atom is 0.335 e. The summed E-state index contributed by atoms with van der Waals surface area (Å²) in [7, 11) is 0. The molecule has 0 aromatic heterocycles. The van der Waals surface area contributed by atoms with Crippen molar-refractivity contribution in [3.63, 3.8) is 0 Å². The highest BCUT2D eigenvalue weighted by atomic mass is 79.9. The summed E-state index contributed by atoms with van der Waals surface area (Å²) in [4.78, 5) is 25.2. The first kappa shape index (κ1) is 16.0. The van der Waals surface area contributed by atoms with Crippen molar-refractivity contribution in [2.45, 2.75) is 26.0 Å². The Bertz CT molecular complexity index is 529. The van der Waals surface area contributed by atoms with Gasteiger partial charge in [-0.15, -0.1) is 0 Å². The molecular weight excluding hydrogens is 338 g/mol. The predicted octanol–water partition coefficient (Wildman–Crippen LogP) is 2.46. The number of halogens is 1. The van der Waals surface area contributed by atoms with Crippen molar-refractivity contribution < 1.29 is 19.4 Å². The quantitative estimate of drug-likeness (QED) is 0.900. The third-order valence-electron chi connectivity index (χ3n) is 3.35. The lowest BCUT2D eigenvalue weighted by Gasteiger charge is -2.40. The zero-order valence-corrected chi connectivity index (χ0v) is 13.5. The second kappa shape index (κ2) is 6.58. The van der Waals surface area contributed by atoms with Gasteiger partial charge in [-0.1, -0.05) is 41.9 Å². The SMILES string of the molecule is CC(C)CN1C(=O)COC(C(=O)O)C1c1ccc(Br)cc1. The van der Waals surface area contributed by atoms with E-state index in [0.29, 0.717) is 6.54 Å². The molecule has 6 heteroatoms. The highest BCUT2D eigenvalue weighted by Crippen LogP contribution is 2.31. The molecule has 0 spiro atoms. The molecule has 1 aromatic rings. The van der Waals surface area contributed by atoms with Gasteiger partial charge in [0.05, 0.1) is 6.04 Å². The van der Waals surface area contributed by atoms with Crippen LogP contribution in [0.2, 0.25) is 0 Å². The molecule has 1 N–H and O–H groups in total. The van der Waals surface area contributed by atoms with Crippen molar-refractivity contribution in [2.75, 3.05) is 13.2 Å². The summed E-state index contributed by atoms with van der Waals surface area (Å²) in [5.74, 6) is -0.974. The van der Waals surface area contributed by atoms with Gasteiger partial charge in [-0.25, -0.2) is 4.79 Å². The van der Waals surface area contributed by atoms with E-state index < -0.39 is 18.1 Å². The zero-order chi connectivity index (χ0) is 15.6. The summed E-state index contributed by atoms with van der Waals surface area (Å²) in [6.07, 6.45) is -1.04. The van der Waals surface area contributed by atoms with E-state index in [1.807, 2.05) is 38.1 Å². The molecule has 1 aliphatic heterocycles. The number of rotatable bonds is 4. The summed E-state index contributed by atoms with van der Waals surface area (Å²) in [5.41, 5.74) is 0.763. The number of carboxylic acids is 1. The van der Waals surface area contributed by atoms with Crippen LogP contribution in [-0.2, 0) is 14.3 Å². The number of carbonyl (C=O) groups is 2. The van der Waals surface area contributed by atoms with Gasteiger partial charge in [0.25, 0.3) is 0 Å². The fourth-order valence-corrected chi connectivity index (χ4v) is 2.75. The van der Waals surface area contributed by atoms with Gasteiger partial charge in [0.15, 0.2) is 6.10 Å². The average Bonchev–Trinajstić information content (AvgIpc) is 2.41. The molecule has 21 heavy (non-hydrogen) atoms. The molecule has 2 unspecified atom stereocenters. The minimum Gasteiger partial charge on any atom is -0.479 e. The Morgan fingerprint density at radius 3 is 2.57 bits per heavy atom. The van der Waals surface area contributed by atoms with Gasteiger partial charge in [0.2, 0.25) is 5.91 Å². The number of morpholine rings is 1. The molecule has 1 aliphatic rings. The van der Waals surface area contributed by atoms with Crippen molar-refractivity contribution >= 4 is 27.8 Å². The number of carbonyl (C=O) groups excluding carboxylic acids is 1. The Kier molecular flexibility index (Phi) is 5.00. The Balaban J connectivity index is 2.40. The first-order chi connectivity index (χ1) is 9.90. The van der Waals surface area contributed by atoms with E-state index in [-0.39, 0.29) is 18.4 Å². The number of nitrogens with zero attached hydrogens (tertiary/aromatic N) is 1. The van der Waals surface area contributed by atoms with Gasteiger partial charge < -0.3 is 14.7 Å².